The fourth-order valence-electron chi connectivity index (χ4n) is 3.18. The maximum absolute atomic E-state index is 9.00. The van der Waals surface area contributed by atoms with Crippen LogP contribution in [0.25, 0.3) is 0 Å². The second-order valence-corrected chi connectivity index (χ2v) is 5.52. The first kappa shape index (κ1) is 16.4. The minimum Gasteiger partial charge on any atom is -0.481 e. The van der Waals surface area contributed by atoms with Crippen molar-refractivity contribution in [1.29, 1.82) is 0 Å². The molecule has 3 aliphatic carbocycles. The minimum absolute atomic E-state index is 0.706. The number of carboxylic acids is 1. The Labute approximate surface area is 102 Å². The highest BCUT2D eigenvalue weighted by Gasteiger charge is 2.52. The average molecular weight is 248 g/mol. The van der Waals surface area contributed by atoms with E-state index in [1.807, 2.05) is 0 Å². The van der Waals surface area contributed by atoms with E-state index in [9.17, 15) is 0 Å². The summed E-state index contributed by atoms with van der Waals surface area (Å²) < 4.78 is 0. The first-order valence-electron chi connectivity index (χ1n) is 5.91. The predicted molar refractivity (Wildman–Crippen MR) is 63.4 cm³/mol. The zero-order chi connectivity index (χ0) is 13.6. The van der Waals surface area contributed by atoms with E-state index in [1.165, 1.54) is 19.3 Å². The van der Waals surface area contributed by atoms with Crippen LogP contribution < -0.4 is 0 Å². The number of aliphatic carboxylic acids is 1. The maximum atomic E-state index is 9.00. The summed E-state index contributed by atoms with van der Waals surface area (Å²) >= 11 is 0. The lowest BCUT2D eigenvalue weighted by Crippen LogP contribution is -2.51. The lowest BCUT2D eigenvalue weighted by molar-refractivity contribution is -0.465. The summed E-state index contributed by atoms with van der Waals surface area (Å²) in [5, 5.41) is 22.9. The molecule has 3 N–H and O–H groups in total. The van der Waals surface area contributed by atoms with Crippen LogP contribution in [-0.4, -0.2) is 21.6 Å². The van der Waals surface area contributed by atoms with Crippen molar-refractivity contribution in [2.24, 2.45) is 23.2 Å². The molecule has 17 heavy (non-hydrogen) atoms. The van der Waals surface area contributed by atoms with Crippen molar-refractivity contribution in [3.63, 3.8) is 0 Å². The van der Waals surface area contributed by atoms with E-state index in [0.717, 1.165) is 24.7 Å². The third kappa shape index (κ3) is 4.61. The van der Waals surface area contributed by atoms with Crippen LogP contribution in [0.4, 0.5) is 0 Å². The normalized spacial score (nSPS) is 32.0. The Morgan fingerprint density at radius 3 is 1.88 bits per heavy atom. The number of hydrogen-bond donors (Lipinski definition) is 3. The van der Waals surface area contributed by atoms with E-state index < -0.39 is 5.97 Å². The monoisotopic (exact) mass is 248 g/mol. The summed E-state index contributed by atoms with van der Waals surface area (Å²) in [5.74, 6) is 2.32. The van der Waals surface area contributed by atoms with Gasteiger partial charge in [-0.2, -0.15) is 0 Å². The standard InChI is InChI=1S/C10H18.C2H4O2.H2O3/c1-7-4-5-8-6-9(7)10(8,2)3;1-2(3)4;1-3-2/h7-9H,4-6H2,1-3H3;1H3,(H,3,4);1-2H. The molecule has 3 fully saturated rings. The summed E-state index contributed by atoms with van der Waals surface area (Å²) in [6, 6.07) is 0. The zero-order valence-corrected chi connectivity index (χ0v) is 11.0. The average Bonchev–Trinajstić information content (AvgIpc) is 2.17. The Balaban J connectivity index is 0.000000311. The van der Waals surface area contributed by atoms with Gasteiger partial charge in [-0.15, -0.1) is 0 Å². The van der Waals surface area contributed by atoms with Crippen molar-refractivity contribution < 1.29 is 25.5 Å². The van der Waals surface area contributed by atoms with E-state index in [4.69, 9.17) is 20.4 Å². The molecule has 5 nitrogen and oxygen atoms in total. The van der Waals surface area contributed by atoms with Gasteiger partial charge in [0.05, 0.1) is 0 Å². The number of carbonyl (C=O) groups is 1. The van der Waals surface area contributed by atoms with Crippen LogP contribution in [0.1, 0.15) is 47.0 Å². The van der Waals surface area contributed by atoms with Gasteiger partial charge in [0.25, 0.3) is 5.97 Å². The van der Waals surface area contributed by atoms with Gasteiger partial charge in [-0.25, -0.2) is 10.5 Å². The second kappa shape index (κ2) is 6.93. The van der Waals surface area contributed by atoms with Crippen LogP contribution in [0, 0.1) is 23.2 Å². The van der Waals surface area contributed by atoms with Gasteiger partial charge in [0.2, 0.25) is 0 Å². The van der Waals surface area contributed by atoms with Gasteiger partial charge in [0, 0.05) is 6.92 Å². The molecule has 3 saturated carbocycles. The van der Waals surface area contributed by atoms with E-state index >= 15 is 0 Å². The predicted octanol–water partition coefficient (Wildman–Crippen LogP) is 3.12. The van der Waals surface area contributed by atoms with Gasteiger partial charge < -0.3 is 5.11 Å². The van der Waals surface area contributed by atoms with Crippen LogP contribution >= 0.6 is 0 Å². The summed E-state index contributed by atoms with van der Waals surface area (Å²) in [6.45, 7) is 8.44. The molecule has 0 aromatic heterocycles. The molecular formula is C12H24O5. The molecule has 0 aromatic rings. The van der Waals surface area contributed by atoms with Crippen LogP contribution in [0.5, 0.6) is 0 Å². The van der Waals surface area contributed by atoms with Gasteiger partial charge in [-0.3, -0.25) is 4.79 Å². The van der Waals surface area contributed by atoms with Gasteiger partial charge in [0.15, 0.2) is 0 Å². The quantitative estimate of drug-likeness (QED) is 0.453. The van der Waals surface area contributed by atoms with E-state index in [-0.39, 0.29) is 0 Å². The van der Waals surface area contributed by atoms with Crippen LogP contribution in [0.2, 0.25) is 0 Å². The maximum Gasteiger partial charge on any atom is 0.300 e. The van der Waals surface area contributed by atoms with E-state index in [1.54, 1.807) is 0 Å². The Morgan fingerprint density at radius 1 is 1.29 bits per heavy atom. The summed E-state index contributed by atoms with van der Waals surface area (Å²) in [7, 11) is 0. The Morgan fingerprint density at radius 2 is 1.71 bits per heavy atom. The summed E-state index contributed by atoms with van der Waals surface area (Å²) in [4.78, 5) is 9.00. The molecule has 2 bridgehead atoms. The molecule has 3 atom stereocenters. The molecule has 0 aliphatic heterocycles. The number of carboxylic acid groups (broad SMARTS) is 1. The lowest BCUT2D eigenvalue weighted by Gasteiger charge is -2.59. The van der Waals surface area contributed by atoms with Crippen molar-refractivity contribution >= 4 is 5.97 Å². The molecular weight excluding hydrogens is 224 g/mol. The van der Waals surface area contributed by atoms with Gasteiger partial charge >= 0.3 is 0 Å². The fraction of sp³-hybridized carbons (Fsp3) is 0.917. The first-order chi connectivity index (χ1) is 7.77. The summed E-state index contributed by atoms with van der Waals surface area (Å²) in [5.41, 5.74) is 0.706. The van der Waals surface area contributed by atoms with Gasteiger partial charge in [0.1, 0.15) is 0 Å². The van der Waals surface area contributed by atoms with Crippen LogP contribution in [0.15, 0.2) is 0 Å². The highest BCUT2D eigenvalue weighted by Crippen LogP contribution is 2.61. The highest BCUT2D eigenvalue weighted by molar-refractivity contribution is 5.62. The zero-order valence-electron chi connectivity index (χ0n) is 11.0. The number of rotatable bonds is 0. The largest absolute Gasteiger partial charge is 0.481 e. The number of hydrogen-bond acceptors (Lipinski definition) is 4. The molecule has 102 valence electrons. The van der Waals surface area contributed by atoms with Crippen molar-refractivity contribution in [3.05, 3.63) is 0 Å². The Bertz CT molecular complexity index is 233. The Kier molecular flexibility index (Phi) is 6.67. The Hall–Kier alpha value is -0.650. The number of fused-ring (bicyclic) bond motifs is 2. The topological polar surface area (TPSA) is 87.0 Å². The van der Waals surface area contributed by atoms with E-state index in [2.05, 4.69) is 25.8 Å². The van der Waals surface area contributed by atoms with Gasteiger partial charge in [-0.05, 0) is 36.0 Å². The molecule has 0 heterocycles. The van der Waals surface area contributed by atoms with Crippen molar-refractivity contribution in [3.8, 4) is 0 Å². The van der Waals surface area contributed by atoms with Crippen molar-refractivity contribution in [2.45, 2.75) is 47.0 Å². The second-order valence-electron chi connectivity index (χ2n) is 5.52. The van der Waals surface area contributed by atoms with Crippen LogP contribution in [0.3, 0.4) is 0 Å². The first-order valence-corrected chi connectivity index (χ1v) is 5.91. The molecule has 3 unspecified atom stereocenters. The molecule has 0 amide bonds. The minimum atomic E-state index is -0.833. The van der Waals surface area contributed by atoms with E-state index in [0.29, 0.717) is 5.41 Å². The third-order valence-corrected chi connectivity index (χ3v) is 4.20. The molecule has 0 saturated heterocycles. The molecule has 5 heteroatoms. The third-order valence-electron chi connectivity index (χ3n) is 4.20. The lowest BCUT2D eigenvalue weighted by atomic mass is 9.46. The SMILES string of the molecule is CC(=O)O.CC1CCC2CC1C2(C)C.OOO. The van der Waals surface area contributed by atoms with Crippen molar-refractivity contribution in [2.75, 3.05) is 0 Å². The van der Waals surface area contributed by atoms with Crippen LogP contribution in [-0.2, 0) is 9.83 Å². The molecule has 0 spiro atoms. The molecule has 0 radical (unpaired) electrons. The fourth-order valence-corrected chi connectivity index (χ4v) is 3.18. The van der Waals surface area contributed by atoms with Gasteiger partial charge in [-0.1, -0.05) is 32.2 Å². The smallest absolute Gasteiger partial charge is 0.300 e. The highest BCUT2D eigenvalue weighted by atomic mass is 17.4. The summed E-state index contributed by atoms with van der Waals surface area (Å²) in [6.07, 6.45) is 4.54. The molecule has 3 aliphatic rings. The molecule has 0 aromatic carbocycles. The van der Waals surface area contributed by atoms with Crippen molar-refractivity contribution in [1.82, 2.24) is 0 Å². The molecule has 3 rings (SSSR count).